The first kappa shape index (κ1) is 13.8. The molecular formula is C14H20N2O3. The molecule has 2 rings (SSSR count). The minimum Gasteiger partial charge on any atom is -0.508 e. The lowest BCUT2D eigenvalue weighted by Gasteiger charge is -2.37. The molecule has 0 unspecified atom stereocenters. The van der Waals surface area contributed by atoms with Crippen molar-refractivity contribution in [2.75, 3.05) is 19.8 Å². The largest absolute Gasteiger partial charge is 0.508 e. The Labute approximate surface area is 112 Å². The van der Waals surface area contributed by atoms with E-state index in [1.807, 2.05) is 6.07 Å². The Kier molecular flexibility index (Phi) is 4.39. The summed E-state index contributed by atoms with van der Waals surface area (Å²) < 4.78 is 5.30. The molecule has 1 saturated heterocycles. The number of benzene rings is 1. The highest BCUT2D eigenvalue weighted by Gasteiger charge is 2.32. The number of phenols is 1. The van der Waals surface area contributed by atoms with E-state index in [2.05, 4.69) is 5.32 Å². The average molecular weight is 264 g/mol. The van der Waals surface area contributed by atoms with Crippen LogP contribution in [0.1, 0.15) is 18.4 Å². The number of hydrogen-bond acceptors (Lipinski definition) is 4. The quantitative estimate of drug-likeness (QED) is 0.742. The number of amides is 1. The molecule has 1 aliphatic heterocycles. The predicted octanol–water partition coefficient (Wildman–Crippen LogP) is 0.559. The lowest BCUT2D eigenvalue weighted by atomic mass is 9.90. The molecule has 0 bridgehead atoms. The number of carbonyl (C=O) groups is 1. The van der Waals surface area contributed by atoms with Crippen molar-refractivity contribution in [3.63, 3.8) is 0 Å². The molecule has 1 amide bonds. The molecular weight excluding hydrogens is 244 g/mol. The van der Waals surface area contributed by atoms with Crippen LogP contribution < -0.4 is 11.1 Å². The molecule has 19 heavy (non-hydrogen) atoms. The fourth-order valence-electron chi connectivity index (χ4n) is 2.33. The second-order valence-corrected chi connectivity index (χ2v) is 4.99. The van der Waals surface area contributed by atoms with Crippen molar-refractivity contribution in [1.29, 1.82) is 0 Å². The summed E-state index contributed by atoms with van der Waals surface area (Å²) >= 11 is 0. The van der Waals surface area contributed by atoms with E-state index < -0.39 is 0 Å². The highest BCUT2D eigenvalue weighted by Crippen LogP contribution is 2.20. The molecule has 1 heterocycles. The number of nitrogens with two attached hydrogens (primary N) is 1. The molecule has 4 N–H and O–H groups in total. The van der Waals surface area contributed by atoms with Crippen molar-refractivity contribution in [3.8, 4) is 5.75 Å². The van der Waals surface area contributed by atoms with Gasteiger partial charge in [-0.15, -0.1) is 0 Å². The number of hydrogen-bond donors (Lipinski definition) is 3. The topological polar surface area (TPSA) is 84.6 Å². The Balaban J connectivity index is 1.96. The zero-order chi connectivity index (χ0) is 13.7. The molecule has 5 nitrogen and oxygen atoms in total. The van der Waals surface area contributed by atoms with Crippen LogP contribution in [0.25, 0.3) is 0 Å². The smallest absolute Gasteiger partial charge is 0.224 e. The second-order valence-electron chi connectivity index (χ2n) is 4.99. The Morgan fingerprint density at radius 2 is 2.16 bits per heavy atom. The monoisotopic (exact) mass is 264 g/mol. The van der Waals surface area contributed by atoms with Crippen LogP contribution in [0.3, 0.4) is 0 Å². The van der Waals surface area contributed by atoms with Gasteiger partial charge in [-0.3, -0.25) is 4.79 Å². The summed E-state index contributed by atoms with van der Waals surface area (Å²) in [6.07, 6.45) is 1.74. The second kappa shape index (κ2) is 6.04. The lowest BCUT2D eigenvalue weighted by molar-refractivity contribution is -0.123. The van der Waals surface area contributed by atoms with Gasteiger partial charge in [0.15, 0.2) is 0 Å². The highest BCUT2D eigenvalue weighted by atomic mass is 16.5. The first-order valence-corrected chi connectivity index (χ1v) is 6.50. The van der Waals surface area contributed by atoms with Gasteiger partial charge in [0.25, 0.3) is 0 Å². The molecule has 0 aliphatic carbocycles. The van der Waals surface area contributed by atoms with Crippen molar-refractivity contribution in [2.24, 2.45) is 5.73 Å². The van der Waals surface area contributed by atoms with Gasteiger partial charge >= 0.3 is 0 Å². The van der Waals surface area contributed by atoms with Crippen LogP contribution in [0.4, 0.5) is 0 Å². The van der Waals surface area contributed by atoms with Crippen LogP contribution in [-0.2, 0) is 16.0 Å². The summed E-state index contributed by atoms with van der Waals surface area (Å²) in [5.74, 6) is 0.0999. The molecule has 0 spiro atoms. The Morgan fingerprint density at radius 1 is 1.42 bits per heavy atom. The van der Waals surface area contributed by atoms with Crippen LogP contribution in [-0.4, -0.2) is 36.3 Å². The zero-order valence-electron chi connectivity index (χ0n) is 10.9. The Morgan fingerprint density at radius 3 is 2.79 bits per heavy atom. The van der Waals surface area contributed by atoms with Gasteiger partial charge in [-0.2, -0.15) is 0 Å². The van der Waals surface area contributed by atoms with Crippen LogP contribution in [0, 0.1) is 0 Å². The van der Waals surface area contributed by atoms with Gasteiger partial charge in [-0.1, -0.05) is 12.1 Å². The molecule has 0 saturated carbocycles. The Bertz CT molecular complexity index is 442. The van der Waals surface area contributed by atoms with E-state index in [1.165, 1.54) is 0 Å². The van der Waals surface area contributed by atoms with Crippen LogP contribution in [0.2, 0.25) is 0 Å². The standard InChI is InChI=1S/C14H20N2O3/c15-10-14(4-6-19-7-5-14)16-13(18)9-11-2-1-3-12(17)8-11/h1-3,8,17H,4-7,9-10,15H2,(H,16,18). The van der Waals surface area contributed by atoms with E-state index in [0.717, 1.165) is 18.4 Å². The molecule has 1 aromatic rings. The third-order valence-corrected chi connectivity index (χ3v) is 3.52. The molecule has 0 atom stereocenters. The maximum absolute atomic E-state index is 12.1. The highest BCUT2D eigenvalue weighted by molar-refractivity contribution is 5.79. The maximum atomic E-state index is 12.1. The summed E-state index contributed by atoms with van der Waals surface area (Å²) in [6, 6.07) is 6.73. The number of carbonyl (C=O) groups excluding carboxylic acids is 1. The zero-order valence-corrected chi connectivity index (χ0v) is 10.9. The van der Waals surface area contributed by atoms with Crippen molar-refractivity contribution in [1.82, 2.24) is 5.32 Å². The van der Waals surface area contributed by atoms with Crippen molar-refractivity contribution < 1.29 is 14.6 Å². The summed E-state index contributed by atoms with van der Waals surface area (Å²) in [5, 5.41) is 12.4. The average Bonchev–Trinajstić information content (AvgIpc) is 2.39. The molecule has 5 heteroatoms. The molecule has 0 radical (unpaired) electrons. The summed E-state index contributed by atoms with van der Waals surface area (Å²) in [6.45, 7) is 1.68. The van der Waals surface area contributed by atoms with Crippen LogP contribution >= 0.6 is 0 Å². The third-order valence-electron chi connectivity index (χ3n) is 3.52. The van der Waals surface area contributed by atoms with E-state index in [4.69, 9.17) is 10.5 Å². The van der Waals surface area contributed by atoms with Gasteiger partial charge in [0.1, 0.15) is 5.75 Å². The van der Waals surface area contributed by atoms with Gasteiger partial charge in [0.2, 0.25) is 5.91 Å². The van der Waals surface area contributed by atoms with Crippen molar-refractivity contribution in [3.05, 3.63) is 29.8 Å². The maximum Gasteiger partial charge on any atom is 0.224 e. The first-order chi connectivity index (χ1) is 9.13. The van der Waals surface area contributed by atoms with E-state index in [9.17, 15) is 9.90 Å². The van der Waals surface area contributed by atoms with Gasteiger partial charge in [-0.05, 0) is 30.5 Å². The molecule has 1 aromatic carbocycles. The number of aromatic hydroxyl groups is 1. The molecule has 104 valence electrons. The van der Waals surface area contributed by atoms with Gasteiger partial charge in [0.05, 0.1) is 12.0 Å². The van der Waals surface area contributed by atoms with Crippen molar-refractivity contribution >= 4 is 5.91 Å². The molecule has 1 aliphatic rings. The summed E-state index contributed by atoms with van der Waals surface area (Å²) in [7, 11) is 0. The summed E-state index contributed by atoms with van der Waals surface area (Å²) in [5.41, 5.74) is 6.24. The number of ether oxygens (including phenoxy) is 1. The van der Waals surface area contributed by atoms with Gasteiger partial charge < -0.3 is 20.9 Å². The summed E-state index contributed by atoms with van der Waals surface area (Å²) in [4.78, 5) is 12.1. The number of rotatable bonds is 4. The van der Waals surface area contributed by atoms with Crippen LogP contribution in [0.5, 0.6) is 5.75 Å². The van der Waals surface area contributed by atoms with Crippen molar-refractivity contribution in [2.45, 2.75) is 24.8 Å². The first-order valence-electron chi connectivity index (χ1n) is 6.50. The third kappa shape index (κ3) is 3.68. The van der Waals surface area contributed by atoms with E-state index in [1.54, 1.807) is 18.2 Å². The Hall–Kier alpha value is -1.59. The van der Waals surface area contributed by atoms with Gasteiger partial charge in [0, 0.05) is 19.8 Å². The predicted molar refractivity (Wildman–Crippen MR) is 71.8 cm³/mol. The molecule has 0 aromatic heterocycles. The minimum absolute atomic E-state index is 0.0713. The van der Waals surface area contributed by atoms with E-state index in [0.29, 0.717) is 19.8 Å². The van der Waals surface area contributed by atoms with Gasteiger partial charge in [-0.25, -0.2) is 0 Å². The number of phenolic OH excluding ortho intramolecular Hbond substituents is 1. The lowest BCUT2D eigenvalue weighted by Crippen LogP contribution is -2.57. The van der Waals surface area contributed by atoms with Crippen LogP contribution in [0.15, 0.2) is 24.3 Å². The SMILES string of the molecule is NCC1(NC(=O)Cc2cccc(O)c2)CCOCC1. The fourth-order valence-corrected chi connectivity index (χ4v) is 2.33. The number of nitrogens with one attached hydrogen (secondary N) is 1. The normalized spacial score (nSPS) is 17.9. The fraction of sp³-hybridized carbons (Fsp3) is 0.500. The van der Waals surface area contributed by atoms with E-state index >= 15 is 0 Å². The molecule has 1 fully saturated rings. The van der Waals surface area contributed by atoms with E-state index in [-0.39, 0.29) is 23.6 Å². The minimum atomic E-state index is -0.341.